The number of hydrogen-bond donors (Lipinski definition) is 2. The molecule has 2 amide bonds. The molecule has 0 bridgehead atoms. The molecule has 3 atom stereocenters. The molecule has 28 heavy (non-hydrogen) atoms. The summed E-state index contributed by atoms with van der Waals surface area (Å²) >= 11 is 0. The van der Waals surface area contributed by atoms with E-state index in [1.807, 2.05) is 18.7 Å². The lowest BCUT2D eigenvalue weighted by Crippen LogP contribution is -2.47. The maximum atomic E-state index is 13.3. The molecule has 0 saturated carbocycles. The minimum Gasteiger partial charge on any atom is -0.347 e. The Morgan fingerprint density at radius 1 is 1.36 bits per heavy atom. The molecule has 0 radical (unpaired) electrons. The van der Waals surface area contributed by atoms with Crippen LogP contribution in [0.25, 0.3) is 0 Å². The first-order valence-corrected chi connectivity index (χ1v) is 9.83. The van der Waals surface area contributed by atoms with Crippen molar-refractivity contribution in [2.75, 3.05) is 13.1 Å². The van der Waals surface area contributed by atoms with Crippen LogP contribution in [0, 0.1) is 17.7 Å². The van der Waals surface area contributed by atoms with Gasteiger partial charge in [0.2, 0.25) is 11.8 Å². The van der Waals surface area contributed by atoms with Crippen molar-refractivity contribution in [1.29, 1.82) is 0 Å². The molecule has 1 aromatic heterocycles. The molecule has 2 N–H and O–H groups in total. The highest BCUT2D eigenvalue weighted by molar-refractivity contribution is 5.82. The normalized spacial score (nSPS) is 19.1. The van der Waals surface area contributed by atoms with Crippen molar-refractivity contribution in [3.8, 4) is 0 Å². The second-order valence-electron chi connectivity index (χ2n) is 7.40. The van der Waals surface area contributed by atoms with Gasteiger partial charge in [0.05, 0.1) is 5.92 Å². The fraction of sp³-hybridized carbons (Fsp3) is 0.476. The van der Waals surface area contributed by atoms with E-state index < -0.39 is 6.04 Å². The van der Waals surface area contributed by atoms with Crippen LogP contribution in [0.15, 0.2) is 36.7 Å². The number of aromatic nitrogens is 2. The second-order valence-corrected chi connectivity index (χ2v) is 7.40. The number of imidazole rings is 1. The Morgan fingerprint density at radius 3 is 2.75 bits per heavy atom. The zero-order valence-electron chi connectivity index (χ0n) is 16.3. The highest BCUT2D eigenvalue weighted by Crippen LogP contribution is 2.23. The summed E-state index contributed by atoms with van der Waals surface area (Å²) < 4.78 is 13.3. The van der Waals surface area contributed by atoms with Crippen LogP contribution < -0.4 is 5.32 Å². The van der Waals surface area contributed by atoms with E-state index in [4.69, 9.17) is 0 Å². The van der Waals surface area contributed by atoms with Crippen LogP contribution >= 0.6 is 0 Å². The number of nitrogens with zero attached hydrogens (tertiary/aromatic N) is 2. The SMILES string of the molecule is CCC(C)C(=O)N1CCCC(C(=O)NC(c2ccc(F)cc2)c2ncc[nH]2)C1. The van der Waals surface area contributed by atoms with Crippen LogP contribution in [0.1, 0.15) is 50.5 Å². The zero-order chi connectivity index (χ0) is 20.1. The summed E-state index contributed by atoms with van der Waals surface area (Å²) in [6.07, 6.45) is 5.64. The number of piperidine rings is 1. The molecule has 7 heteroatoms. The van der Waals surface area contributed by atoms with E-state index in [0.717, 1.165) is 24.8 Å². The zero-order valence-corrected chi connectivity index (χ0v) is 16.3. The summed E-state index contributed by atoms with van der Waals surface area (Å²) in [4.78, 5) is 34.6. The summed E-state index contributed by atoms with van der Waals surface area (Å²) in [5.74, 6) is -0.0480. The van der Waals surface area contributed by atoms with Gasteiger partial charge in [-0.2, -0.15) is 0 Å². The number of hydrogen-bond acceptors (Lipinski definition) is 3. The largest absolute Gasteiger partial charge is 0.347 e. The first-order valence-electron chi connectivity index (χ1n) is 9.83. The molecule has 1 saturated heterocycles. The van der Waals surface area contributed by atoms with Gasteiger partial charge in [-0.15, -0.1) is 0 Å². The van der Waals surface area contributed by atoms with Crippen LogP contribution in [0.4, 0.5) is 4.39 Å². The Labute approximate surface area is 164 Å². The van der Waals surface area contributed by atoms with Gasteiger partial charge in [0, 0.05) is 31.4 Å². The minimum absolute atomic E-state index is 0.0307. The van der Waals surface area contributed by atoms with Gasteiger partial charge in [-0.25, -0.2) is 9.37 Å². The topological polar surface area (TPSA) is 78.1 Å². The standard InChI is InChI=1S/C21H27FN4O2/c1-3-14(2)21(28)26-12-4-5-16(13-26)20(27)25-18(19-23-10-11-24-19)15-6-8-17(22)9-7-15/h6-11,14,16,18H,3-5,12-13H2,1-2H3,(H,23,24)(H,25,27). The monoisotopic (exact) mass is 386 g/mol. The quantitative estimate of drug-likeness (QED) is 0.801. The lowest BCUT2D eigenvalue weighted by atomic mass is 9.94. The van der Waals surface area contributed by atoms with Gasteiger partial charge in [0.1, 0.15) is 17.7 Å². The van der Waals surface area contributed by atoms with Gasteiger partial charge < -0.3 is 15.2 Å². The average Bonchev–Trinajstić information content (AvgIpc) is 3.26. The van der Waals surface area contributed by atoms with Crippen molar-refractivity contribution in [1.82, 2.24) is 20.2 Å². The van der Waals surface area contributed by atoms with Crippen LogP contribution in [0.3, 0.4) is 0 Å². The Kier molecular flexibility index (Phi) is 6.44. The first-order chi connectivity index (χ1) is 13.5. The van der Waals surface area contributed by atoms with Crippen molar-refractivity contribution in [3.63, 3.8) is 0 Å². The van der Waals surface area contributed by atoms with E-state index in [2.05, 4.69) is 15.3 Å². The molecule has 1 aromatic carbocycles. The van der Waals surface area contributed by atoms with Crippen molar-refractivity contribution < 1.29 is 14.0 Å². The van der Waals surface area contributed by atoms with E-state index in [-0.39, 0.29) is 29.5 Å². The van der Waals surface area contributed by atoms with Crippen molar-refractivity contribution in [2.45, 2.75) is 39.2 Å². The number of carbonyl (C=O) groups excluding carboxylic acids is 2. The van der Waals surface area contributed by atoms with Gasteiger partial charge in [0.25, 0.3) is 0 Å². The fourth-order valence-electron chi connectivity index (χ4n) is 3.54. The Hall–Kier alpha value is -2.70. The highest BCUT2D eigenvalue weighted by atomic mass is 19.1. The first kappa shape index (κ1) is 20.0. The molecule has 3 rings (SSSR count). The Balaban J connectivity index is 1.73. The van der Waals surface area contributed by atoms with Crippen molar-refractivity contribution >= 4 is 11.8 Å². The summed E-state index contributed by atoms with van der Waals surface area (Å²) in [6.45, 7) is 5.05. The number of benzene rings is 1. The van der Waals surface area contributed by atoms with E-state index in [9.17, 15) is 14.0 Å². The Morgan fingerprint density at radius 2 is 2.11 bits per heavy atom. The van der Waals surface area contributed by atoms with Gasteiger partial charge >= 0.3 is 0 Å². The second kappa shape index (κ2) is 8.99. The maximum absolute atomic E-state index is 13.3. The summed E-state index contributed by atoms with van der Waals surface area (Å²) in [6, 6.07) is 5.52. The molecule has 2 heterocycles. The molecular formula is C21H27FN4O2. The third kappa shape index (κ3) is 4.58. The van der Waals surface area contributed by atoms with Crippen LogP contribution in [-0.2, 0) is 9.59 Å². The highest BCUT2D eigenvalue weighted by Gasteiger charge is 2.31. The Bertz CT molecular complexity index is 791. The van der Waals surface area contributed by atoms with Gasteiger partial charge in [0.15, 0.2) is 0 Å². The average molecular weight is 386 g/mol. The van der Waals surface area contributed by atoms with Crippen molar-refractivity contribution in [3.05, 3.63) is 53.9 Å². The number of nitrogens with one attached hydrogen (secondary N) is 2. The number of H-pyrrole nitrogens is 1. The number of rotatable bonds is 6. The summed E-state index contributed by atoms with van der Waals surface area (Å²) in [7, 11) is 0. The molecule has 6 nitrogen and oxygen atoms in total. The molecule has 1 fully saturated rings. The van der Waals surface area contributed by atoms with E-state index in [1.165, 1.54) is 12.1 Å². The van der Waals surface area contributed by atoms with Crippen molar-refractivity contribution in [2.24, 2.45) is 11.8 Å². The van der Waals surface area contributed by atoms with Gasteiger partial charge in [-0.1, -0.05) is 26.0 Å². The number of amides is 2. The third-order valence-electron chi connectivity index (χ3n) is 5.42. The molecule has 1 aliphatic heterocycles. The molecule has 150 valence electrons. The van der Waals surface area contributed by atoms with Gasteiger partial charge in [-0.05, 0) is 37.0 Å². The lowest BCUT2D eigenvalue weighted by Gasteiger charge is -2.34. The van der Waals surface area contributed by atoms with Crippen LogP contribution in [-0.4, -0.2) is 39.8 Å². The summed E-state index contributed by atoms with van der Waals surface area (Å²) in [5.41, 5.74) is 0.744. The van der Waals surface area contributed by atoms with Crippen LogP contribution in [0.2, 0.25) is 0 Å². The minimum atomic E-state index is -0.497. The number of halogens is 1. The fourth-order valence-corrected chi connectivity index (χ4v) is 3.54. The number of carbonyl (C=O) groups is 2. The molecule has 0 aliphatic carbocycles. The van der Waals surface area contributed by atoms with E-state index in [1.54, 1.807) is 24.5 Å². The maximum Gasteiger partial charge on any atom is 0.225 e. The lowest BCUT2D eigenvalue weighted by molar-refractivity contribution is -0.139. The predicted octanol–water partition coefficient (Wildman–Crippen LogP) is 3.04. The molecule has 0 spiro atoms. The predicted molar refractivity (Wildman–Crippen MR) is 104 cm³/mol. The molecule has 1 aliphatic rings. The number of aromatic amines is 1. The third-order valence-corrected chi connectivity index (χ3v) is 5.42. The number of likely N-dealkylation sites (tertiary alicyclic amines) is 1. The smallest absolute Gasteiger partial charge is 0.225 e. The van der Waals surface area contributed by atoms with E-state index in [0.29, 0.717) is 18.9 Å². The van der Waals surface area contributed by atoms with E-state index >= 15 is 0 Å². The molecular weight excluding hydrogens is 359 g/mol. The van der Waals surface area contributed by atoms with Crippen LogP contribution in [0.5, 0.6) is 0 Å². The van der Waals surface area contributed by atoms with Gasteiger partial charge in [-0.3, -0.25) is 9.59 Å². The summed E-state index contributed by atoms with van der Waals surface area (Å²) in [5, 5.41) is 3.03. The molecule has 3 unspecified atom stereocenters. The molecule has 2 aromatic rings.